The summed E-state index contributed by atoms with van der Waals surface area (Å²) < 4.78 is 0. The van der Waals surface area contributed by atoms with Crippen LogP contribution in [-0.4, -0.2) is 25.7 Å². The molecule has 0 saturated carbocycles. The van der Waals surface area contributed by atoms with E-state index in [1.165, 1.54) is 0 Å². The first-order chi connectivity index (χ1) is 4.86. The number of carboxylic acids is 1. The fourth-order valence-electron chi connectivity index (χ4n) is 0.246. The van der Waals surface area contributed by atoms with E-state index in [0.29, 0.717) is 5.57 Å². The summed E-state index contributed by atoms with van der Waals surface area (Å²) in [5.41, 5.74) is 0.625. The molecule has 0 spiro atoms. The average Bonchev–Trinajstić information content (AvgIpc) is 1.56. The molecule has 0 aromatic rings. The van der Waals surface area contributed by atoms with E-state index in [1.54, 1.807) is 6.92 Å². The van der Waals surface area contributed by atoms with E-state index >= 15 is 0 Å². The van der Waals surface area contributed by atoms with Crippen LogP contribution in [0, 0.1) is 0 Å². The van der Waals surface area contributed by atoms with Crippen molar-refractivity contribution in [3.05, 3.63) is 12.2 Å². The second-order valence-electron chi connectivity index (χ2n) is 3.01. The Hall–Kier alpha value is 0.00870. The fraction of sp³-hybridized carbons (Fsp3) is 0.625. The number of aliphatic carboxylic acids is 1. The van der Waals surface area contributed by atoms with Crippen molar-refractivity contribution in [1.29, 1.82) is 0 Å². The Bertz CT molecular complexity index is 115. The van der Waals surface area contributed by atoms with E-state index in [4.69, 9.17) is 0 Å². The van der Waals surface area contributed by atoms with Crippen LogP contribution in [0.15, 0.2) is 12.2 Å². The molecule has 64 valence electrons. The molecule has 0 aliphatic rings. The summed E-state index contributed by atoms with van der Waals surface area (Å²) in [5, 5.41) is 9.64. The number of hydrogen-bond acceptors (Lipinski definition) is 2. The molecule has 0 fully saturated rings. The van der Waals surface area contributed by atoms with E-state index in [1.807, 2.05) is 0 Å². The third kappa shape index (κ3) is 39.9. The van der Waals surface area contributed by atoms with Gasteiger partial charge in [-0.3, -0.25) is 0 Å². The van der Waals surface area contributed by atoms with Crippen molar-refractivity contribution in [2.24, 2.45) is 0 Å². The molecule has 0 bridgehead atoms. The molecule has 2 nitrogen and oxygen atoms in total. The van der Waals surface area contributed by atoms with Gasteiger partial charge in [0, 0.05) is 12.4 Å². The standard InChI is InChI=1S/C5H8O2.3CH3.Sn/c1-4(2)3-5(6)7;;;;/h1,3H2,2H3,(H,6,7);3*1H3;/q;;;;+1/p-1. The Morgan fingerprint density at radius 2 is 1.73 bits per heavy atom. The number of rotatable bonds is 2. The van der Waals surface area contributed by atoms with Crippen LogP contribution in [0.2, 0.25) is 14.8 Å². The third-order valence-corrected chi connectivity index (χ3v) is 0.446. The predicted octanol–water partition coefficient (Wildman–Crippen LogP) is 1.07. The van der Waals surface area contributed by atoms with Gasteiger partial charge in [0.2, 0.25) is 0 Å². The van der Waals surface area contributed by atoms with Crippen molar-refractivity contribution in [3.8, 4) is 0 Å². The fourth-order valence-corrected chi connectivity index (χ4v) is 0.246. The van der Waals surface area contributed by atoms with Gasteiger partial charge in [-0.15, -0.1) is 0 Å². The van der Waals surface area contributed by atoms with Crippen LogP contribution in [0.25, 0.3) is 0 Å². The van der Waals surface area contributed by atoms with Crippen LogP contribution in [0.1, 0.15) is 13.3 Å². The number of carbonyl (C=O) groups is 1. The molecule has 0 radical (unpaired) electrons. The minimum atomic E-state index is -1.06. The first kappa shape index (κ1) is 13.6. The van der Waals surface area contributed by atoms with Crippen LogP contribution in [-0.2, 0) is 4.79 Å². The maximum atomic E-state index is 9.64. The number of hydrogen-bond donors (Lipinski definition) is 0. The van der Waals surface area contributed by atoms with Crippen LogP contribution >= 0.6 is 0 Å². The molecular weight excluding hydrogens is 247 g/mol. The molecule has 0 heterocycles. The van der Waals surface area contributed by atoms with Gasteiger partial charge in [0.25, 0.3) is 0 Å². The number of carbonyl (C=O) groups excluding carboxylic acids is 1. The average molecular weight is 263 g/mol. The van der Waals surface area contributed by atoms with Gasteiger partial charge in [0.05, 0.1) is 0 Å². The van der Waals surface area contributed by atoms with Crippen LogP contribution < -0.4 is 5.11 Å². The van der Waals surface area contributed by atoms with Gasteiger partial charge in [-0.25, -0.2) is 0 Å². The third-order valence-electron chi connectivity index (χ3n) is 0.446. The predicted molar refractivity (Wildman–Crippen MR) is 47.8 cm³/mol. The van der Waals surface area contributed by atoms with Gasteiger partial charge in [-0.1, -0.05) is 12.2 Å². The molecule has 0 rings (SSSR count). The van der Waals surface area contributed by atoms with Gasteiger partial charge in [0.15, 0.2) is 0 Å². The van der Waals surface area contributed by atoms with Crippen molar-refractivity contribution in [2.75, 3.05) is 0 Å². The van der Waals surface area contributed by atoms with Gasteiger partial charge in [-0.2, -0.15) is 0 Å². The van der Waals surface area contributed by atoms with Crippen molar-refractivity contribution in [2.45, 2.75) is 28.2 Å². The summed E-state index contributed by atoms with van der Waals surface area (Å²) >= 11 is -0.543. The Morgan fingerprint density at radius 1 is 1.45 bits per heavy atom. The molecule has 0 aromatic carbocycles. The summed E-state index contributed by atoms with van der Waals surface area (Å²) in [6.07, 6.45) is -0.0278. The van der Waals surface area contributed by atoms with E-state index in [9.17, 15) is 9.90 Å². The Labute approximate surface area is 76.0 Å². The van der Waals surface area contributed by atoms with E-state index < -0.39 is 25.7 Å². The van der Waals surface area contributed by atoms with Crippen molar-refractivity contribution in [1.82, 2.24) is 0 Å². The topological polar surface area (TPSA) is 40.1 Å². The zero-order valence-corrected chi connectivity index (χ0v) is 10.6. The normalized spacial score (nSPS) is 7.64. The van der Waals surface area contributed by atoms with Crippen molar-refractivity contribution >= 4 is 25.7 Å². The van der Waals surface area contributed by atoms with E-state index in [-0.39, 0.29) is 6.42 Å². The molecule has 0 saturated heterocycles. The summed E-state index contributed by atoms with van der Waals surface area (Å²) in [6, 6.07) is 0. The monoisotopic (exact) mass is 264 g/mol. The molecule has 0 aliphatic carbocycles. The summed E-state index contributed by atoms with van der Waals surface area (Å²) in [4.78, 5) is 16.7. The van der Waals surface area contributed by atoms with Crippen LogP contribution in [0.5, 0.6) is 0 Å². The maximum absolute atomic E-state index is 9.64. The molecule has 0 aromatic heterocycles. The molecule has 11 heavy (non-hydrogen) atoms. The quantitative estimate of drug-likeness (QED) is 0.552. The SMILES string of the molecule is C=C(C)CC(=O)[O-].[CH3][Sn+]([CH3])[CH3]. The van der Waals surface area contributed by atoms with Gasteiger partial charge in [-0.05, 0) is 6.92 Å². The summed E-state index contributed by atoms with van der Waals surface area (Å²) in [5.74, 6) is -1.06. The van der Waals surface area contributed by atoms with Crippen molar-refractivity contribution in [3.63, 3.8) is 0 Å². The molecule has 0 unspecified atom stereocenters. The first-order valence-electron chi connectivity index (χ1n) is 3.47. The molecule has 0 N–H and O–H groups in total. The number of carboxylic acid groups (broad SMARTS) is 1. The Kier molecular flexibility index (Phi) is 10.0. The summed E-state index contributed by atoms with van der Waals surface area (Å²) in [6.45, 7) is 5.02. The summed E-state index contributed by atoms with van der Waals surface area (Å²) in [7, 11) is 0. The van der Waals surface area contributed by atoms with Gasteiger partial charge in [0.1, 0.15) is 0 Å². The van der Waals surface area contributed by atoms with E-state index in [2.05, 4.69) is 21.4 Å². The molecule has 0 aliphatic heterocycles. The first-order valence-corrected chi connectivity index (χ1v) is 12.0. The van der Waals surface area contributed by atoms with Gasteiger partial charge < -0.3 is 9.90 Å². The Balaban J connectivity index is 0. The molecule has 0 amide bonds. The van der Waals surface area contributed by atoms with Crippen LogP contribution in [0.3, 0.4) is 0 Å². The Morgan fingerprint density at radius 3 is 1.73 bits per heavy atom. The van der Waals surface area contributed by atoms with Crippen LogP contribution in [0.4, 0.5) is 0 Å². The zero-order chi connectivity index (χ0) is 9.44. The molecule has 3 heteroatoms. The zero-order valence-electron chi connectivity index (χ0n) is 7.73. The second-order valence-corrected chi connectivity index (χ2v) is 11.6. The van der Waals surface area contributed by atoms with Crippen molar-refractivity contribution < 1.29 is 9.90 Å². The van der Waals surface area contributed by atoms with E-state index in [0.717, 1.165) is 0 Å². The molecule has 0 atom stereocenters. The van der Waals surface area contributed by atoms with Gasteiger partial charge >= 0.3 is 34.6 Å². The minimum absolute atomic E-state index is 0.0278. The second kappa shape index (κ2) is 8.11. The molecular formula is C8H16O2Sn.